The number of hydrogen-bond donors (Lipinski definition) is 2. The van der Waals surface area contributed by atoms with Gasteiger partial charge in [0.1, 0.15) is 5.82 Å². The number of anilines is 3. The molecule has 5 heteroatoms. The Labute approximate surface area is 139 Å². The van der Waals surface area contributed by atoms with Crippen LogP contribution in [0.15, 0.2) is 30.5 Å². The third kappa shape index (κ3) is 5.87. The van der Waals surface area contributed by atoms with Crippen molar-refractivity contribution in [1.82, 2.24) is 14.9 Å². The minimum absolute atomic E-state index is 0.621. The standard InChI is InChI=1S/C18H27N5/c1-14-7-8-16(15(2)13-14)21-18-20-11-9-17(22-18)19-10-5-6-12-23(3)4/h7-9,11,13H,5-6,10,12H2,1-4H3,(H2,19,20,21,22). The van der Waals surface area contributed by atoms with Gasteiger partial charge in [0.25, 0.3) is 0 Å². The van der Waals surface area contributed by atoms with Crippen LogP contribution in [0.25, 0.3) is 0 Å². The van der Waals surface area contributed by atoms with Crippen molar-refractivity contribution >= 4 is 17.5 Å². The fourth-order valence-electron chi connectivity index (χ4n) is 2.36. The molecule has 0 radical (unpaired) electrons. The lowest BCUT2D eigenvalue weighted by molar-refractivity contribution is 0.396. The van der Waals surface area contributed by atoms with Gasteiger partial charge < -0.3 is 15.5 Å². The Hall–Kier alpha value is -2.14. The Kier molecular flexibility index (Phi) is 6.35. The van der Waals surface area contributed by atoms with Gasteiger partial charge in [0.05, 0.1) is 0 Å². The maximum absolute atomic E-state index is 4.52. The van der Waals surface area contributed by atoms with Crippen molar-refractivity contribution < 1.29 is 0 Å². The molecule has 0 atom stereocenters. The zero-order chi connectivity index (χ0) is 16.7. The minimum atomic E-state index is 0.621. The molecule has 0 bridgehead atoms. The number of benzene rings is 1. The molecule has 124 valence electrons. The number of unbranched alkanes of at least 4 members (excludes halogenated alkanes) is 1. The van der Waals surface area contributed by atoms with Gasteiger partial charge in [-0.25, -0.2) is 4.98 Å². The summed E-state index contributed by atoms with van der Waals surface area (Å²) in [5.41, 5.74) is 3.48. The van der Waals surface area contributed by atoms with Crippen LogP contribution in [0.1, 0.15) is 24.0 Å². The molecule has 2 aromatic rings. The Bertz CT molecular complexity index is 625. The van der Waals surface area contributed by atoms with Crippen molar-refractivity contribution in [1.29, 1.82) is 0 Å². The van der Waals surface area contributed by atoms with Gasteiger partial charge >= 0.3 is 0 Å². The molecule has 0 saturated carbocycles. The van der Waals surface area contributed by atoms with Gasteiger partial charge in [-0.1, -0.05) is 17.7 Å². The summed E-state index contributed by atoms with van der Waals surface area (Å²) >= 11 is 0. The first kappa shape index (κ1) is 17.2. The molecule has 1 heterocycles. The Balaban J connectivity index is 1.89. The number of nitrogens with zero attached hydrogens (tertiary/aromatic N) is 3. The second-order valence-electron chi connectivity index (χ2n) is 6.15. The lowest BCUT2D eigenvalue weighted by Crippen LogP contribution is -2.14. The van der Waals surface area contributed by atoms with Crippen molar-refractivity contribution in [2.75, 3.05) is 37.8 Å². The largest absolute Gasteiger partial charge is 0.370 e. The van der Waals surface area contributed by atoms with E-state index in [0.717, 1.165) is 31.0 Å². The maximum Gasteiger partial charge on any atom is 0.229 e. The second kappa shape index (κ2) is 8.48. The molecule has 0 unspecified atom stereocenters. The molecule has 1 aromatic carbocycles. The molecule has 2 N–H and O–H groups in total. The van der Waals surface area contributed by atoms with Gasteiger partial charge in [-0.15, -0.1) is 0 Å². The third-order valence-corrected chi connectivity index (χ3v) is 3.62. The number of nitrogens with one attached hydrogen (secondary N) is 2. The zero-order valence-corrected chi connectivity index (χ0v) is 14.6. The molecule has 0 aliphatic rings. The molecule has 0 amide bonds. The third-order valence-electron chi connectivity index (χ3n) is 3.62. The molecular weight excluding hydrogens is 286 g/mol. The van der Waals surface area contributed by atoms with Gasteiger partial charge in [0.15, 0.2) is 0 Å². The lowest BCUT2D eigenvalue weighted by atomic mass is 10.1. The van der Waals surface area contributed by atoms with Gasteiger partial charge in [-0.2, -0.15) is 4.98 Å². The first-order chi connectivity index (χ1) is 11.0. The highest BCUT2D eigenvalue weighted by Gasteiger charge is 2.03. The SMILES string of the molecule is Cc1ccc(Nc2nccc(NCCCCN(C)C)n2)c(C)c1. The summed E-state index contributed by atoms with van der Waals surface area (Å²) in [4.78, 5) is 11.0. The summed E-state index contributed by atoms with van der Waals surface area (Å²) in [5, 5.41) is 6.65. The molecule has 5 nitrogen and oxygen atoms in total. The molecule has 0 saturated heterocycles. The second-order valence-corrected chi connectivity index (χ2v) is 6.15. The average Bonchev–Trinajstić information content (AvgIpc) is 2.50. The van der Waals surface area contributed by atoms with Crippen LogP contribution in [0.3, 0.4) is 0 Å². The van der Waals surface area contributed by atoms with Crippen LogP contribution < -0.4 is 10.6 Å². The van der Waals surface area contributed by atoms with Crippen LogP contribution in [0.5, 0.6) is 0 Å². The molecule has 0 aliphatic heterocycles. The van der Waals surface area contributed by atoms with E-state index >= 15 is 0 Å². The molecule has 1 aromatic heterocycles. The minimum Gasteiger partial charge on any atom is -0.370 e. The molecule has 0 fully saturated rings. The van der Waals surface area contributed by atoms with E-state index in [0.29, 0.717) is 5.95 Å². The van der Waals surface area contributed by atoms with Crippen LogP contribution in [-0.4, -0.2) is 42.1 Å². The predicted octanol–water partition coefficient (Wildman–Crippen LogP) is 3.59. The molecule has 0 aliphatic carbocycles. The Morgan fingerprint density at radius 2 is 1.91 bits per heavy atom. The summed E-state index contributed by atoms with van der Waals surface area (Å²) < 4.78 is 0. The lowest BCUT2D eigenvalue weighted by Gasteiger charge is -2.11. The topological polar surface area (TPSA) is 53.1 Å². The highest BCUT2D eigenvalue weighted by molar-refractivity contribution is 5.59. The van der Waals surface area contributed by atoms with E-state index in [2.05, 4.69) is 71.6 Å². The van der Waals surface area contributed by atoms with E-state index in [1.165, 1.54) is 17.5 Å². The van der Waals surface area contributed by atoms with Crippen LogP contribution in [0, 0.1) is 13.8 Å². The Morgan fingerprint density at radius 3 is 2.65 bits per heavy atom. The van der Waals surface area contributed by atoms with Crippen LogP contribution in [0.2, 0.25) is 0 Å². The van der Waals surface area contributed by atoms with Crippen LogP contribution in [0.4, 0.5) is 17.5 Å². The highest BCUT2D eigenvalue weighted by Crippen LogP contribution is 2.19. The molecule has 0 spiro atoms. The zero-order valence-electron chi connectivity index (χ0n) is 14.6. The normalized spacial score (nSPS) is 10.8. The van der Waals surface area contributed by atoms with Gasteiger partial charge in [-0.3, -0.25) is 0 Å². The van der Waals surface area contributed by atoms with Crippen molar-refractivity contribution in [3.05, 3.63) is 41.6 Å². The van der Waals surface area contributed by atoms with E-state index in [1.807, 2.05) is 6.07 Å². The number of hydrogen-bond acceptors (Lipinski definition) is 5. The van der Waals surface area contributed by atoms with Crippen LogP contribution >= 0.6 is 0 Å². The fraction of sp³-hybridized carbons (Fsp3) is 0.444. The van der Waals surface area contributed by atoms with E-state index in [1.54, 1.807) is 6.20 Å². The van der Waals surface area contributed by atoms with Gasteiger partial charge in [-0.05, 0) is 65.0 Å². The summed E-state index contributed by atoms with van der Waals surface area (Å²) in [6.45, 7) is 6.22. The smallest absolute Gasteiger partial charge is 0.229 e. The molecular formula is C18H27N5. The van der Waals surface area contributed by atoms with E-state index in [4.69, 9.17) is 0 Å². The number of aromatic nitrogens is 2. The summed E-state index contributed by atoms with van der Waals surface area (Å²) in [7, 11) is 4.20. The average molecular weight is 313 g/mol. The van der Waals surface area contributed by atoms with Crippen molar-refractivity contribution in [2.24, 2.45) is 0 Å². The highest BCUT2D eigenvalue weighted by atomic mass is 15.1. The monoisotopic (exact) mass is 313 g/mol. The number of aryl methyl sites for hydroxylation is 2. The van der Waals surface area contributed by atoms with E-state index < -0.39 is 0 Å². The van der Waals surface area contributed by atoms with Crippen molar-refractivity contribution in [3.8, 4) is 0 Å². The Morgan fingerprint density at radius 1 is 1.09 bits per heavy atom. The summed E-state index contributed by atoms with van der Waals surface area (Å²) in [6.07, 6.45) is 4.09. The predicted molar refractivity (Wildman–Crippen MR) is 97.5 cm³/mol. The maximum atomic E-state index is 4.52. The van der Waals surface area contributed by atoms with Crippen LogP contribution in [-0.2, 0) is 0 Å². The molecule has 2 rings (SSSR count). The van der Waals surface area contributed by atoms with E-state index in [-0.39, 0.29) is 0 Å². The first-order valence-corrected chi connectivity index (χ1v) is 8.10. The first-order valence-electron chi connectivity index (χ1n) is 8.10. The summed E-state index contributed by atoms with van der Waals surface area (Å²) in [6, 6.07) is 8.20. The fourth-order valence-corrected chi connectivity index (χ4v) is 2.36. The van der Waals surface area contributed by atoms with Crippen molar-refractivity contribution in [3.63, 3.8) is 0 Å². The van der Waals surface area contributed by atoms with Gasteiger partial charge in [0.2, 0.25) is 5.95 Å². The quantitative estimate of drug-likeness (QED) is 0.729. The van der Waals surface area contributed by atoms with Crippen molar-refractivity contribution in [2.45, 2.75) is 26.7 Å². The number of rotatable bonds is 8. The molecule has 23 heavy (non-hydrogen) atoms. The van der Waals surface area contributed by atoms with Gasteiger partial charge in [0, 0.05) is 18.4 Å². The van der Waals surface area contributed by atoms with E-state index in [9.17, 15) is 0 Å². The summed E-state index contributed by atoms with van der Waals surface area (Å²) in [5.74, 6) is 1.48.